The van der Waals surface area contributed by atoms with Crippen molar-refractivity contribution in [2.75, 3.05) is 16.2 Å². The summed E-state index contributed by atoms with van der Waals surface area (Å²) in [5.41, 5.74) is 1.17. The summed E-state index contributed by atoms with van der Waals surface area (Å²) in [6, 6.07) is 19.2. The molecule has 6 nitrogen and oxygen atoms in total. The molecule has 3 aromatic carbocycles. The Labute approximate surface area is 186 Å². The molecule has 0 heterocycles. The highest BCUT2D eigenvalue weighted by Gasteiger charge is 2.25. The number of benzene rings is 3. The van der Waals surface area contributed by atoms with Crippen LogP contribution in [-0.2, 0) is 10.0 Å². The lowest BCUT2D eigenvalue weighted by atomic mass is 10.1. The number of nitrogens with one attached hydrogen (secondary N) is 1. The van der Waals surface area contributed by atoms with Crippen molar-refractivity contribution in [2.24, 2.45) is 0 Å². The normalized spacial score (nSPS) is 11.1. The fourth-order valence-corrected chi connectivity index (χ4v) is 4.84. The fraction of sp³-hybridized carbons (Fsp3) is 0.130. The van der Waals surface area contributed by atoms with E-state index >= 15 is 0 Å². The van der Waals surface area contributed by atoms with Crippen molar-refractivity contribution < 1.29 is 18.0 Å². The van der Waals surface area contributed by atoms with Gasteiger partial charge in [0, 0.05) is 12.1 Å². The first-order chi connectivity index (χ1) is 14.8. The van der Waals surface area contributed by atoms with Crippen LogP contribution in [0, 0.1) is 0 Å². The zero-order valence-corrected chi connectivity index (χ0v) is 18.6. The maximum absolute atomic E-state index is 13.3. The molecule has 0 spiro atoms. The van der Waals surface area contributed by atoms with E-state index in [2.05, 4.69) is 5.32 Å². The van der Waals surface area contributed by atoms with Gasteiger partial charge >= 0.3 is 0 Å². The van der Waals surface area contributed by atoms with Gasteiger partial charge in [0.15, 0.2) is 5.78 Å². The number of hydrogen-bond acceptors (Lipinski definition) is 4. The molecule has 0 atom stereocenters. The number of ketones is 1. The number of carbonyl (C=O) groups is 2. The van der Waals surface area contributed by atoms with E-state index in [1.165, 1.54) is 29.4 Å². The van der Waals surface area contributed by atoms with E-state index in [-0.39, 0.29) is 27.8 Å². The summed E-state index contributed by atoms with van der Waals surface area (Å²) < 4.78 is 27.8. The molecule has 1 amide bonds. The molecular weight excluding hydrogens is 436 g/mol. The molecule has 0 aliphatic rings. The molecule has 1 N–H and O–H groups in total. The summed E-state index contributed by atoms with van der Waals surface area (Å²) in [6.45, 7) is 3.34. The Hall–Kier alpha value is -3.16. The Morgan fingerprint density at radius 3 is 2.23 bits per heavy atom. The Kier molecular flexibility index (Phi) is 6.77. The van der Waals surface area contributed by atoms with Gasteiger partial charge in [-0.1, -0.05) is 41.9 Å². The molecular formula is C23H21ClN2O4S. The maximum atomic E-state index is 13.3. The molecule has 0 radical (unpaired) electrons. The van der Waals surface area contributed by atoms with E-state index in [9.17, 15) is 18.0 Å². The highest BCUT2D eigenvalue weighted by atomic mass is 35.5. The molecule has 3 rings (SSSR count). The SMILES string of the molecule is CCN(c1ccccc1)S(=O)(=O)c1ccc(Cl)c(C(=O)Nc2ccccc2C(C)=O)c1. The zero-order chi connectivity index (χ0) is 22.6. The van der Waals surface area contributed by atoms with Crippen molar-refractivity contribution in [1.82, 2.24) is 0 Å². The van der Waals surface area contributed by atoms with Crippen molar-refractivity contribution in [1.29, 1.82) is 0 Å². The van der Waals surface area contributed by atoms with Crippen LogP contribution in [0.4, 0.5) is 11.4 Å². The van der Waals surface area contributed by atoms with Gasteiger partial charge < -0.3 is 5.32 Å². The third-order valence-electron chi connectivity index (χ3n) is 4.66. The van der Waals surface area contributed by atoms with Gasteiger partial charge in [-0.05, 0) is 56.3 Å². The summed E-state index contributed by atoms with van der Waals surface area (Å²) in [5, 5.41) is 2.75. The van der Waals surface area contributed by atoms with Gasteiger partial charge in [0.2, 0.25) is 0 Å². The number of rotatable bonds is 7. The van der Waals surface area contributed by atoms with Gasteiger partial charge in [-0.2, -0.15) is 0 Å². The van der Waals surface area contributed by atoms with Crippen molar-refractivity contribution in [3.05, 3.63) is 88.9 Å². The highest BCUT2D eigenvalue weighted by Crippen LogP contribution is 2.27. The first-order valence-electron chi connectivity index (χ1n) is 9.54. The third-order valence-corrected chi connectivity index (χ3v) is 6.88. The van der Waals surface area contributed by atoms with Gasteiger partial charge in [0.1, 0.15) is 0 Å². The second-order valence-corrected chi connectivity index (χ2v) is 8.97. The van der Waals surface area contributed by atoms with Crippen LogP contribution in [0.15, 0.2) is 77.7 Å². The molecule has 0 aromatic heterocycles. The van der Waals surface area contributed by atoms with Gasteiger partial charge in [0.25, 0.3) is 15.9 Å². The topological polar surface area (TPSA) is 83.6 Å². The van der Waals surface area contributed by atoms with Gasteiger partial charge in [-0.25, -0.2) is 8.42 Å². The van der Waals surface area contributed by atoms with Crippen molar-refractivity contribution in [3.63, 3.8) is 0 Å². The largest absolute Gasteiger partial charge is 0.321 e. The van der Waals surface area contributed by atoms with Gasteiger partial charge in [-0.3, -0.25) is 13.9 Å². The average molecular weight is 457 g/mol. The van der Waals surface area contributed by atoms with Gasteiger partial charge in [0.05, 0.1) is 26.9 Å². The van der Waals surface area contributed by atoms with Crippen LogP contribution in [0.2, 0.25) is 5.02 Å². The lowest BCUT2D eigenvalue weighted by Crippen LogP contribution is -2.31. The molecule has 0 aliphatic heterocycles. The second-order valence-electron chi connectivity index (χ2n) is 6.70. The number of amides is 1. The van der Waals surface area contributed by atoms with Crippen LogP contribution in [0.1, 0.15) is 34.6 Å². The number of para-hydroxylation sites is 2. The molecule has 0 bridgehead atoms. The Morgan fingerprint density at radius 1 is 0.935 bits per heavy atom. The number of anilines is 2. The number of halogens is 1. The summed E-state index contributed by atoms with van der Waals surface area (Å²) in [6.07, 6.45) is 0. The Balaban J connectivity index is 1.98. The number of nitrogens with zero attached hydrogens (tertiary/aromatic N) is 1. The van der Waals surface area contributed by atoms with Crippen LogP contribution in [0.5, 0.6) is 0 Å². The first-order valence-corrected chi connectivity index (χ1v) is 11.4. The molecule has 31 heavy (non-hydrogen) atoms. The monoisotopic (exact) mass is 456 g/mol. The number of hydrogen-bond donors (Lipinski definition) is 1. The molecule has 3 aromatic rings. The molecule has 0 saturated carbocycles. The van der Waals surface area contributed by atoms with E-state index in [1.807, 2.05) is 0 Å². The summed E-state index contributed by atoms with van der Waals surface area (Å²) in [4.78, 5) is 24.6. The van der Waals surface area contributed by atoms with Gasteiger partial charge in [-0.15, -0.1) is 0 Å². The average Bonchev–Trinajstić information content (AvgIpc) is 2.75. The first kappa shape index (κ1) is 22.5. The standard InChI is InChI=1S/C23H21ClN2O4S/c1-3-26(17-9-5-4-6-10-17)31(29,30)18-13-14-21(24)20(15-18)23(28)25-22-12-8-7-11-19(22)16(2)27/h4-15H,3H2,1-2H3,(H,25,28). The van der Waals surface area contributed by atoms with Crippen molar-refractivity contribution >= 4 is 44.7 Å². The Bertz CT molecular complexity index is 1230. The van der Waals surface area contributed by atoms with E-state index < -0.39 is 15.9 Å². The van der Waals surface area contributed by atoms with E-state index in [1.54, 1.807) is 61.5 Å². The molecule has 0 fully saturated rings. The highest BCUT2D eigenvalue weighted by molar-refractivity contribution is 7.92. The third kappa shape index (κ3) is 4.78. The number of carbonyl (C=O) groups excluding carboxylic acids is 2. The molecule has 0 saturated heterocycles. The quantitative estimate of drug-likeness (QED) is 0.506. The Morgan fingerprint density at radius 2 is 1.58 bits per heavy atom. The minimum atomic E-state index is -3.93. The van der Waals surface area contributed by atoms with Crippen LogP contribution >= 0.6 is 11.6 Å². The lowest BCUT2D eigenvalue weighted by molar-refractivity contribution is 0.101. The number of Topliss-reactive ketones (excluding diaryl/α,β-unsaturated/α-hetero) is 1. The van der Waals surface area contributed by atoms with Crippen LogP contribution < -0.4 is 9.62 Å². The minimum absolute atomic E-state index is 0.00906. The molecule has 0 aliphatic carbocycles. The minimum Gasteiger partial charge on any atom is -0.321 e. The molecule has 160 valence electrons. The van der Waals surface area contributed by atoms with Crippen LogP contribution in [-0.4, -0.2) is 26.7 Å². The smallest absolute Gasteiger partial charge is 0.264 e. The predicted molar refractivity (Wildman–Crippen MR) is 122 cm³/mol. The van der Waals surface area contributed by atoms with Crippen molar-refractivity contribution in [2.45, 2.75) is 18.7 Å². The fourth-order valence-electron chi connectivity index (χ4n) is 3.14. The lowest BCUT2D eigenvalue weighted by Gasteiger charge is -2.23. The van der Waals surface area contributed by atoms with E-state index in [4.69, 9.17) is 11.6 Å². The second kappa shape index (κ2) is 9.32. The van der Waals surface area contributed by atoms with Crippen molar-refractivity contribution in [3.8, 4) is 0 Å². The summed E-state index contributed by atoms with van der Waals surface area (Å²) in [5.74, 6) is -0.821. The van der Waals surface area contributed by atoms with E-state index in [0.29, 0.717) is 16.9 Å². The summed E-state index contributed by atoms with van der Waals surface area (Å²) >= 11 is 6.20. The van der Waals surface area contributed by atoms with Crippen LogP contribution in [0.3, 0.4) is 0 Å². The van der Waals surface area contributed by atoms with Crippen LogP contribution in [0.25, 0.3) is 0 Å². The number of sulfonamides is 1. The summed E-state index contributed by atoms with van der Waals surface area (Å²) in [7, 11) is -3.93. The molecule has 0 unspecified atom stereocenters. The maximum Gasteiger partial charge on any atom is 0.264 e. The molecule has 8 heteroatoms. The zero-order valence-electron chi connectivity index (χ0n) is 17.0. The predicted octanol–water partition coefficient (Wildman–Crippen LogP) is 5.01. The van der Waals surface area contributed by atoms with E-state index in [0.717, 1.165) is 0 Å².